The summed E-state index contributed by atoms with van der Waals surface area (Å²) in [5.41, 5.74) is 0.676. The molecule has 0 aromatic carbocycles. The molecule has 0 aliphatic rings. The van der Waals surface area contributed by atoms with Crippen LogP contribution in [0.1, 0.15) is 0 Å². The molecule has 0 fully saturated rings. The first-order valence-electron chi connectivity index (χ1n) is 3.58. The Labute approximate surface area is 76.9 Å². The van der Waals surface area contributed by atoms with Crippen LogP contribution in [0.2, 0.25) is 0 Å². The Hall–Kier alpha value is -1.33. The second-order valence-electron chi connectivity index (χ2n) is 2.45. The molecule has 5 heteroatoms. The molecule has 1 unspecified atom stereocenters. The molecular weight excluding hydrogens is 188 g/mol. The average Bonchev–Trinajstić information content (AvgIpc) is 2.17. The lowest BCUT2D eigenvalue weighted by Crippen LogP contribution is -1.91. The van der Waals surface area contributed by atoms with Gasteiger partial charge in [0.25, 0.3) is 0 Å². The van der Waals surface area contributed by atoms with Gasteiger partial charge >= 0.3 is 0 Å². The Morgan fingerprint density at radius 1 is 1.31 bits per heavy atom. The smallest absolute Gasteiger partial charge is 0.187 e. The van der Waals surface area contributed by atoms with Gasteiger partial charge in [-0.3, -0.25) is 9.97 Å². The largest absolute Gasteiger partial charge is 0.302 e. The zero-order chi connectivity index (χ0) is 9.26. The van der Waals surface area contributed by atoms with E-state index in [-0.39, 0.29) is 0 Å². The summed E-state index contributed by atoms with van der Waals surface area (Å²) in [6.45, 7) is 0. The first-order valence-corrected chi connectivity index (χ1v) is 4.69. The molecule has 0 spiro atoms. The van der Waals surface area contributed by atoms with Crippen LogP contribution in [0.3, 0.4) is 0 Å². The van der Waals surface area contributed by atoms with Crippen molar-refractivity contribution in [1.29, 1.82) is 0 Å². The molecule has 2 heterocycles. The molecule has 1 N–H and O–H groups in total. The van der Waals surface area contributed by atoms with Gasteiger partial charge in [0.1, 0.15) is 0 Å². The highest BCUT2D eigenvalue weighted by Gasteiger charge is 2.05. The normalized spacial score (nSPS) is 13.0. The molecule has 0 aliphatic heterocycles. The van der Waals surface area contributed by atoms with Crippen molar-refractivity contribution in [1.82, 2.24) is 9.97 Å². The van der Waals surface area contributed by atoms with Crippen LogP contribution in [-0.2, 0) is 11.1 Å². The Bertz CT molecular complexity index is 467. The molecule has 13 heavy (non-hydrogen) atoms. The maximum Gasteiger partial charge on any atom is 0.187 e. The van der Waals surface area contributed by atoms with E-state index < -0.39 is 11.1 Å². The molecular formula is C8H6N2O2S. The van der Waals surface area contributed by atoms with E-state index in [1.54, 1.807) is 12.3 Å². The molecule has 2 rings (SSSR count). The molecule has 0 amide bonds. The third kappa shape index (κ3) is 1.43. The summed E-state index contributed by atoms with van der Waals surface area (Å²) in [6.07, 6.45) is 4.64. The van der Waals surface area contributed by atoms with E-state index in [4.69, 9.17) is 4.55 Å². The van der Waals surface area contributed by atoms with Crippen molar-refractivity contribution in [2.45, 2.75) is 4.90 Å². The van der Waals surface area contributed by atoms with Gasteiger partial charge in [-0.1, -0.05) is 0 Å². The minimum absolute atomic E-state index is 0.345. The van der Waals surface area contributed by atoms with Gasteiger partial charge in [0, 0.05) is 24.0 Å². The van der Waals surface area contributed by atoms with Crippen LogP contribution in [0, 0.1) is 0 Å². The van der Waals surface area contributed by atoms with Crippen molar-refractivity contribution in [2.75, 3.05) is 0 Å². The summed E-state index contributed by atoms with van der Waals surface area (Å²) in [5.74, 6) is 0. The van der Waals surface area contributed by atoms with Gasteiger partial charge in [-0.05, 0) is 12.1 Å². The van der Waals surface area contributed by atoms with Crippen LogP contribution in [0.5, 0.6) is 0 Å². The lowest BCUT2D eigenvalue weighted by molar-refractivity contribution is 0.565. The van der Waals surface area contributed by atoms with Gasteiger partial charge in [-0.15, -0.1) is 0 Å². The summed E-state index contributed by atoms with van der Waals surface area (Å²) in [5, 5.41) is 0.617. The highest BCUT2D eigenvalue weighted by atomic mass is 32.2. The zero-order valence-corrected chi connectivity index (χ0v) is 7.36. The molecule has 0 saturated carbocycles. The quantitative estimate of drug-likeness (QED) is 0.693. The van der Waals surface area contributed by atoms with Crippen LogP contribution in [-0.4, -0.2) is 18.7 Å². The van der Waals surface area contributed by atoms with Gasteiger partial charge in [-0.25, -0.2) is 4.21 Å². The number of hydrogen-bond donors (Lipinski definition) is 1. The highest BCUT2D eigenvalue weighted by Crippen LogP contribution is 2.16. The number of pyridine rings is 2. The molecule has 0 saturated heterocycles. The SMILES string of the molecule is O=S(O)c1ccnc2ccncc12. The summed E-state index contributed by atoms with van der Waals surface area (Å²) in [6, 6.07) is 3.21. The third-order valence-electron chi connectivity index (χ3n) is 1.69. The standard InChI is InChI=1S/C8H6N2O2S/c11-13(12)8-2-4-10-7-1-3-9-5-6(7)8/h1-5H,(H,11,12). The topological polar surface area (TPSA) is 63.1 Å². The van der Waals surface area contributed by atoms with Crippen LogP contribution < -0.4 is 0 Å². The Kier molecular flexibility index (Phi) is 2.03. The second kappa shape index (κ2) is 3.20. The molecule has 4 nitrogen and oxygen atoms in total. The van der Waals surface area contributed by atoms with E-state index in [2.05, 4.69) is 9.97 Å². The van der Waals surface area contributed by atoms with E-state index in [0.29, 0.717) is 15.8 Å². The lowest BCUT2D eigenvalue weighted by atomic mass is 10.3. The maximum absolute atomic E-state index is 10.9. The Morgan fingerprint density at radius 3 is 2.92 bits per heavy atom. The van der Waals surface area contributed by atoms with Crippen LogP contribution in [0.4, 0.5) is 0 Å². The molecule has 0 aliphatic carbocycles. The van der Waals surface area contributed by atoms with Crippen LogP contribution in [0.15, 0.2) is 35.6 Å². The van der Waals surface area contributed by atoms with Crippen molar-refractivity contribution in [2.24, 2.45) is 0 Å². The van der Waals surface area contributed by atoms with E-state index in [9.17, 15) is 4.21 Å². The first-order chi connectivity index (χ1) is 6.29. The van der Waals surface area contributed by atoms with Crippen molar-refractivity contribution in [3.63, 3.8) is 0 Å². The predicted octanol–water partition coefficient (Wildman–Crippen LogP) is 1.21. The van der Waals surface area contributed by atoms with Gasteiger partial charge in [0.2, 0.25) is 0 Å². The molecule has 0 radical (unpaired) electrons. The fraction of sp³-hybridized carbons (Fsp3) is 0. The van der Waals surface area contributed by atoms with Crippen LogP contribution in [0.25, 0.3) is 10.9 Å². The fourth-order valence-corrected chi connectivity index (χ4v) is 1.64. The van der Waals surface area contributed by atoms with E-state index >= 15 is 0 Å². The first kappa shape index (κ1) is 8.28. The lowest BCUT2D eigenvalue weighted by Gasteiger charge is -1.99. The third-order valence-corrected chi connectivity index (χ3v) is 2.42. The molecule has 66 valence electrons. The molecule has 2 aromatic heterocycles. The van der Waals surface area contributed by atoms with E-state index in [1.807, 2.05) is 0 Å². The van der Waals surface area contributed by atoms with Gasteiger partial charge < -0.3 is 4.55 Å². The number of rotatable bonds is 1. The predicted molar refractivity (Wildman–Crippen MR) is 48.6 cm³/mol. The van der Waals surface area contributed by atoms with Crippen molar-refractivity contribution in [3.05, 3.63) is 30.7 Å². The van der Waals surface area contributed by atoms with E-state index in [0.717, 1.165) is 0 Å². The number of hydrogen-bond acceptors (Lipinski definition) is 3. The fourth-order valence-electron chi connectivity index (χ4n) is 1.12. The van der Waals surface area contributed by atoms with Crippen LogP contribution >= 0.6 is 0 Å². The Balaban J connectivity index is 2.83. The van der Waals surface area contributed by atoms with Gasteiger partial charge in [0.15, 0.2) is 11.1 Å². The Morgan fingerprint density at radius 2 is 2.15 bits per heavy atom. The van der Waals surface area contributed by atoms with Gasteiger partial charge in [0.05, 0.1) is 10.4 Å². The molecule has 0 bridgehead atoms. The maximum atomic E-state index is 10.9. The number of nitrogens with zero attached hydrogens (tertiary/aromatic N) is 2. The van der Waals surface area contributed by atoms with E-state index in [1.165, 1.54) is 18.5 Å². The summed E-state index contributed by atoms with van der Waals surface area (Å²) in [7, 11) is 0. The zero-order valence-electron chi connectivity index (χ0n) is 6.54. The highest BCUT2D eigenvalue weighted by molar-refractivity contribution is 7.79. The number of aromatic nitrogens is 2. The minimum Gasteiger partial charge on any atom is -0.302 e. The number of fused-ring (bicyclic) bond motifs is 1. The van der Waals surface area contributed by atoms with Crippen molar-refractivity contribution >= 4 is 22.0 Å². The second-order valence-corrected chi connectivity index (χ2v) is 3.39. The average molecular weight is 194 g/mol. The monoisotopic (exact) mass is 194 g/mol. The summed E-state index contributed by atoms with van der Waals surface area (Å²) >= 11 is -1.98. The van der Waals surface area contributed by atoms with Gasteiger partial charge in [-0.2, -0.15) is 0 Å². The molecule has 1 atom stereocenters. The summed E-state index contributed by atoms with van der Waals surface area (Å²) in [4.78, 5) is 8.25. The van der Waals surface area contributed by atoms with Crippen molar-refractivity contribution < 1.29 is 8.76 Å². The molecule has 2 aromatic rings. The minimum atomic E-state index is -1.98. The summed E-state index contributed by atoms with van der Waals surface area (Å²) < 4.78 is 19.8. The van der Waals surface area contributed by atoms with Crippen molar-refractivity contribution in [3.8, 4) is 0 Å².